The zero-order valence-electron chi connectivity index (χ0n) is 28.8. The van der Waals surface area contributed by atoms with Crippen LogP contribution in [0.1, 0.15) is 0 Å². The van der Waals surface area contributed by atoms with Crippen LogP contribution in [0.2, 0.25) is 0 Å². The van der Waals surface area contributed by atoms with Crippen LogP contribution < -0.4 is 0 Å². The molecule has 53 heavy (non-hydrogen) atoms. The maximum Gasteiger partial charge on any atom is 0.160 e. The highest BCUT2D eigenvalue weighted by molar-refractivity contribution is 6.09. The largest absolute Gasteiger partial charge is 0.455 e. The molecule has 0 radical (unpaired) electrons. The summed E-state index contributed by atoms with van der Waals surface area (Å²) in [7, 11) is 0. The van der Waals surface area contributed by atoms with E-state index in [9.17, 15) is 0 Å². The van der Waals surface area contributed by atoms with Crippen LogP contribution in [0.4, 0.5) is 0 Å². The van der Waals surface area contributed by atoms with Gasteiger partial charge in [-0.1, -0.05) is 152 Å². The summed E-state index contributed by atoms with van der Waals surface area (Å²) in [6.45, 7) is 0. The standard InChI is InChI=1S/C50H32N2O/c1-3-13-33(14-4-1)40-29-41(43-22-12-23-45-44-21-9-10-24-48(44)53-49(43)45)31-42(30-40)47-32-46(51-50(52-47)35-16-5-2-6-17-35)39-20-11-19-37(28-39)38-26-25-34-15-7-8-18-36(34)27-38/h1-32H. The lowest BCUT2D eigenvalue weighted by atomic mass is 9.93. The molecule has 0 fully saturated rings. The second-order valence-electron chi connectivity index (χ2n) is 13.4. The highest BCUT2D eigenvalue weighted by atomic mass is 16.3. The van der Waals surface area contributed by atoms with Crippen LogP contribution in [-0.2, 0) is 0 Å². The minimum Gasteiger partial charge on any atom is -0.455 e. The van der Waals surface area contributed by atoms with Gasteiger partial charge in [-0.3, -0.25) is 0 Å². The second-order valence-corrected chi connectivity index (χ2v) is 13.4. The van der Waals surface area contributed by atoms with Crippen molar-refractivity contribution < 1.29 is 4.42 Å². The van der Waals surface area contributed by atoms with Crippen LogP contribution in [-0.4, -0.2) is 9.97 Å². The normalized spacial score (nSPS) is 11.4. The molecule has 0 atom stereocenters. The molecule has 8 aromatic carbocycles. The lowest BCUT2D eigenvalue weighted by Gasteiger charge is -2.14. The fourth-order valence-electron chi connectivity index (χ4n) is 7.39. The maximum atomic E-state index is 6.53. The summed E-state index contributed by atoms with van der Waals surface area (Å²) in [6.07, 6.45) is 0. The highest BCUT2D eigenvalue weighted by Gasteiger charge is 2.17. The van der Waals surface area contributed by atoms with E-state index in [2.05, 4.69) is 164 Å². The van der Waals surface area contributed by atoms with Crippen LogP contribution >= 0.6 is 0 Å². The van der Waals surface area contributed by atoms with E-state index in [4.69, 9.17) is 14.4 Å². The number of rotatable bonds is 6. The Kier molecular flexibility index (Phi) is 7.47. The van der Waals surface area contributed by atoms with E-state index in [-0.39, 0.29) is 0 Å². The first-order chi connectivity index (χ1) is 26.2. The smallest absolute Gasteiger partial charge is 0.160 e. The van der Waals surface area contributed by atoms with Crippen molar-refractivity contribution in [3.8, 4) is 67.3 Å². The number of hydrogen-bond donors (Lipinski definition) is 0. The zero-order chi connectivity index (χ0) is 35.1. The van der Waals surface area contributed by atoms with E-state index in [1.165, 1.54) is 16.3 Å². The molecular formula is C50H32N2O. The number of furan rings is 1. The Balaban J connectivity index is 1.17. The molecule has 0 bridgehead atoms. The molecule has 0 aliphatic carbocycles. The number of nitrogens with zero attached hydrogens (tertiary/aromatic N) is 2. The molecule has 0 aliphatic heterocycles. The molecule has 0 spiro atoms. The average molecular weight is 677 g/mol. The van der Waals surface area contributed by atoms with E-state index in [1.807, 2.05) is 30.3 Å². The van der Waals surface area contributed by atoms with Gasteiger partial charge in [0.2, 0.25) is 0 Å². The van der Waals surface area contributed by atoms with Gasteiger partial charge >= 0.3 is 0 Å². The fraction of sp³-hybridized carbons (Fsp3) is 0. The van der Waals surface area contributed by atoms with Crippen molar-refractivity contribution >= 4 is 32.7 Å². The Morgan fingerprint density at radius 2 is 0.906 bits per heavy atom. The molecule has 0 aliphatic rings. The molecule has 0 unspecified atom stereocenters. The lowest BCUT2D eigenvalue weighted by molar-refractivity contribution is 0.670. The average Bonchev–Trinajstić information content (AvgIpc) is 3.63. The molecule has 10 rings (SSSR count). The first kappa shape index (κ1) is 30.7. The van der Waals surface area contributed by atoms with Gasteiger partial charge in [-0.25, -0.2) is 9.97 Å². The number of fused-ring (bicyclic) bond motifs is 4. The van der Waals surface area contributed by atoms with Crippen molar-refractivity contribution in [1.29, 1.82) is 0 Å². The third-order valence-corrected chi connectivity index (χ3v) is 10.1. The van der Waals surface area contributed by atoms with Crippen molar-refractivity contribution in [2.45, 2.75) is 0 Å². The predicted octanol–water partition coefficient (Wildman–Crippen LogP) is 13.5. The van der Waals surface area contributed by atoms with E-state index in [0.717, 1.165) is 77.8 Å². The second kappa shape index (κ2) is 12.9. The molecule has 3 nitrogen and oxygen atoms in total. The molecule has 2 aromatic heterocycles. The van der Waals surface area contributed by atoms with Gasteiger partial charge in [0, 0.05) is 33.0 Å². The van der Waals surface area contributed by atoms with E-state index >= 15 is 0 Å². The van der Waals surface area contributed by atoms with Gasteiger partial charge < -0.3 is 4.42 Å². The SMILES string of the molecule is c1ccc(-c2cc(-c3cc(-c4cccc(-c5ccc6ccccc6c5)c4)nc(-c4ccccc4)n3)cc(-c3cccc4c3oc3ccccc34)c2)cc1. The van der Waals surface area contributed by atoms with Gasteiger partial charge in [0.1, 0.15) is 11.2 Å². The number of aromatic nitrogens is 2. The van der Waals surface area contributed by atoms with Crippen molar-refractivity contribution in [2.24, 2.45) is 0 Å². The lowest BCUT2D eigenvalue weighted by Crippen LogP contribution is -1.97. The highest BCUT2D eigenvalue weighted by Crippen LogP contribution is 2.40. The molecule has 10 aromatic rings. The summed E-state index contributed by atoms with van der Waals surface area (Å²) in [5.74, 6) is 0.681. The molecular weight excluding hydrogens is 645 g/mol. The Labute approximate surface area is 307 Å². The minimum absolute atomic E-state index is 0.681. The van der Waals surface area contributed by atoms with E-state index in [1.54, 1.807) is 0 Å². The maximum absolute atomic E-state index is 6.53. The van der Waals surface area contributed by atoms with Crippen molar-refractivity contribution in [1.82, 2.24) is 9.97 Å². The van der Waals surface area contributed by atoms with Gasteiger partial charge in [-0.2, -0.15) is 0 Å². The van der Waals surface area contributed by atoms with E-state index in [0.29, 0.717) is 5.82 Å². The molecule has 3 heteroatoms. The summed E-state index contributed by atoms with van der Waals surface area (Å²) >= 11 is 0. The van der Waals surface area contributed by atoms with Crippen LogP contribution in [0.3, 0.4) is 0 Å². The summed E-state index contributed by atoms with van der Waals surface area (Å²) < 4.78 is 6.53. The number of para-hydroxylation sites is 2. The first-order valence-electron chi connectivity index (χ1n) is 17.9. The van der Waals surface area contributed by atoms with Crippen molar-refractivity contribution in [2.75, 3.05) is 0 Å². The van der Waals surface area contributed by atoms with Crippen LogP contribution in [0.25, 0.3) is 100.0 Å². The zero-order valence-corrected chi connectivity index (χ0v) is 28.8. The third-order valence-electron chi connectivity index (χ3n) is 10.1. The Bertz CT molecular complexity index is 2950. The summed E-state index contributed by atoms with van der Waals surface area (Å²) in [4.78, 5) is 10.4. The molecule has 248 valence electrons. The fourth-order valence-corrected chi connectivity index (χ4v) is 7.39. The Hall–Kier alpha value is -7.10. The Morgan fingerprint density at radius 1 is 0.321 bits per heavy atom. The number of benzene rings is 8. The Morgan fingerprint density at radius 3 is 1.75 bits per heavy atom. The predicted molar refractivity (Wildman–Crippen MR) is 219 cm³/mol. The monoisotopic (exact) mass is 676 g/mol. The van der Waals surface area contributed by atoms with Gasteiger partial charge in [-0.05, 0) is 81.1 Å². The topological polar surface area (TPSA) is 38.9 Å². The quantitative estimate of drug-likeness (QED) is 0.176. The molecule has 0 N–H and O–H groups in total. The molecule has 2 heterocycles. The van der Waals surface area contributed by atoms with Gasteiger partial charge in [0.25, 0.3) is 0 Å². The van der Waals surface area contributed by atoms with Gasteiger partial charge in [-0.15, -0.1) is 0 Å². The molecule has 0 saturated heterocycles. The molecule has 0 saturated carbocycles. The molecule has 0 amide bonds. The van der Waals surface area contributed by atoms with Gasteiger partial charge in [0.15, 0.2) is 5.82 Å². The van der Waals surface area contributed by atoms with Crippen LogP contribution in [0.5, 0.6) is 0 Å². The summed E-state index contributed by atoms with van der Waals surface area (Å²) in [6, 6.07) is 68.1. The van der Waals surface area contributed by atoms with Crippen molar-refractivity contribution in [3.05, 3.63) is 194 Å². The van der Waals surface area contributed by atoms with Crippen LogP contribution in [0.15, 0.2) is 199 Å². The summed E-state index contributed by atoms with van der Waals surface area (Å²) in [5, 5.41) is 4.67. The van der Waals surface area contributed by atoms with E-state index < -0.39 is 0 Å². The third kappa shape index (κ3) is 5.75. The van der Waals surface area contributed by atoms with Crippen molar-refractivity contribution in [3.63, 3.8) is 0 Å². The van der Waals surface area contributed by atoms with Gasteiger partial charge in [0.05, 0.1) is 11.4 Å². The van der Waals surface area contributed by atoms with Crippen LogP contribution in [0, 0.1) is 0 Å². The number of hydrogen-bond acceptors (Lipinski definition) is 3. The minimum atomic E-state index is 0.681. The first-order valence-corrected chi connectivity index (χ1v) is 17.9. The summed E-state index contributed by atoms with van der Waals surface area (Å²) in [5.41, 5.74) is 13.1.